The highest BCUT2D eigenvalue weighted by molar-refractivity contribution is 5.87. The zero-order valence-corrected chi connectivity index (χ0v) is 10.9. The number of hydrogen-bond acceptors (Lipinski definition) is 3. The largest absolute Gasteiger partial charge is 0.344 e. The molecule has 1 aromatic carbocycles. The van der Waals surface area contributed by atoms with Crippen molar-refractivity contribution in [2.24, 2.45) is 5.92 Å². The summed E-state index contributed by atoms with van der Waals surface area (Å²) in [4.78, 5) is 12.1. The van der Waals surface area contributed by atoms with E-state index in [0.717, 1.165) is 17.6 Å². The number of fused-ring (bicyclic) bond motifs is 1. The Morgan fingerprint density at radius 2 is 2.05 bits per heavy atom. The molecule has 2 aromatic rings. The Morgan fingerprint density at radius 3 is 2.89 bits per heavy atom. The number of carbonyl (C=O) groups is 1. The summed E-state index contributed by atoms with van der Waals surface area (Å²) in [6.07, 6.45) is 6.34. The molecule has 0 spiro atoms. The molecule has 1 aliphatic carbocycles. The molecule has 19 heavy (non-hydrogen) atoms. The molecule has 1 aliphatic rings. The van der Waals surface area contributed by atoms with E-state index >= 15 is 0 Å². The van der Waals surface area contributed by atoms with E-state index in [-0.39, 0.29) is 6.03 Å². The Balaban J connectivity index is 1.66. The molecule has 0 radical (unpaired) electrons. The predicted octanol–water partition coefficient (Wildman–Crippen LogP) is 2.57. The van der Waals surface area contributed by atoms with Crippen LogP contribution in [-0.2, 0) is 0 Å². The molecular formula is C14H18N4O. The molecule has 0 saturated heterocycles. The molecule has 3 rings (SSSR count). The van der Waals surface area contributed by atoms with Crippen molar-refractivity contribution in [3.63, 3.8) is 0 Å². The molecule has 1 amide bonds. The van der Waals surface area contributed by atoms with Gasteiger partial charge in [0.1, 0.15) is 5.52 Å². The number of nitrogens with one attached hydrogen (secondary N) is 1. The van der Waals surface area contributed by atoms with Crippen molar-refractivity contribution in [1.82, 2.24) is 20.3 Å². The number of benzene rings is 1. The molecule has 1 N–H and O–H groups in total. The smallest absolute Gasteiger partial charge is 0.336 e. The van der Waals surface area contributed by atoms with Gasteiger partial charge in [0.25, 0.3) is 0 Å². The summed E-state index contributed by atoms with van der Waals surface area (Å²) in [5, 5.41) is 10.9. The van der Waals surface area contributed by atoms with Gasteiger partial charge in [0.2, 0.25) is 0 Å². The van der Waals surface area contributed by atoms with E-state index in [9.17, 15) is 4.79 Å². The fourth-order valence-electron chi connectivity index (χ4n) is 2.72. The highest BCUT2D eigenvalue weighted by Gasteiger charge is 2.16. The molecule has 100 valence electrons. The van der Waals surface area contributed by atoms with Crippen molar-refractivity contribution in [3.05, 3.63) is 24.3 Å². The van der Waals surface area contributed by atoms with Gasteiger partial charge in [0.05, 0.1) is 5.52 Å². The molecule has 0 atom stereocenters. The van der Waals surface area contributed by atoms with Crippen molar-refractivity contribution in [1.29, 1.82) is 0 Å². The summed E-state index contributed by atoms with van der Waals surface area (Å²) < 4.78 is 1.35. The summed E-state index contributed by atoms with van der Waals surface area (Å²) in [6, 6.07) is 7.31. The first kappa shape index (κ1) is 12.1. The van der Waals surface area contributed by atoms with Crippen LogP contribution in [0, 0.1) is 5.92 Å². The van der Waals surface area contributed by atoms with Gasteiger partial charge in [-0.3, -0.25) is 0 Å². The van der Waals surface area contributed by atoms with Crippen LogP contribution in [0.15, 0.2) is 24.3 Å². The van der Waals surface area contributed by atoms with Crippen LogP contribution in [0.4, 0.5) is 4.79 Å². The van der Waals surface area contributed by atoms with E-state index in [0.29, 0.717) is 5.92 Å². The summed E-state index contributed by atoms with van der Waals surface area (Å²) >= 11 is 0. The zero-order valence-electron chi connectivity index (χ0n) is 10.9. The molecule has 1 aromatic heterocycles. The summed E-state index contributed by atoms with van der Waals surface area (Å²) in [5.74, 6) is 0.618. The predicted molar refractivity (Wildman–Crippen MR) is 72.9 cm³/mol. The van der Waals surface area contributed by atoms with Crippen molar-refractivity contribution >= 4 is 17.1 Å². The number of para-hydroxylation sites is 1. The fraction of sp³-hybridized carbons (Fsp3) is 0.500. The second kappa shape index (κ2) is 5.38. The van der Waals surface area contributed by atoms with Gasteiger partial charge in [-0.2, -0.15) is 4.68 Å². The van der Waals surface area contributed by atoms with Crippen molar-refractivity contribution < 1.29 is 4.79 Å². The first-order valence-electron chi connectivity index (χ1n) is 6.93. The summed E-state index contributed by atoms with van der Waals surface area (Å²) in [6.45, 7) is 0.743. The van der Waals surface area contributed by atoms with Crippen LogP contribution in [0.5, 0.6) is 0 Å². The van der Waals surface area contributed by atoms with Crippen LogP contribution in [0.3, 0.4) is 0 Å². The minimum atomic E-state index is -0.181. The van der Waals surface area contributed by atoms with Gasteiger partial charge >= 0.3 is 6.03 Å². The third-order valence-electron chi connectivity index (χ3n) is 3.81. The average molecular weight is 258 g/mol. The summed E-state index contributed by atoms with van der Waals surface area (Å²) in [5.41, 5.74) is 1.50. The lowest BCUT2D eigenvalue weighted by Gasteiger charge is -2.21. The number of rotatable bonds is 2. The molecule has 0 aliphatic heterocycles. The van der Waals surface area contributed by atoms with Gasteiger partial charge < -0.3 is 5.32 Å². The number of aromatic nitrogens is 3. The standard InChI is InChI=1S/C14H18N4O/c19-14(15-10-11-6-2-1-3-7-11)18-13-9-5-4-8-12(13)16-17-18/h4-5,8-9,11H,1-3,6-7,10H2,(H,15,19). The van der Waals surface area contributed by atoms with Crippen molar-refractivity contribution in [2.75, 3.05) is 6.54 Å². The van der Waals surface area contributed by atoms with Gasteiger partial charge in [-0.25, -0.2) is 4.79 Å². The molecule has 0 bridgehead atoms. The maximum atomic E-state index is 12.1. The fourth-order valence-corrected chi connectivity index (χ4v) is 2.72. The number of nitrogens with zero attached hydrogens (tertiary/aromatic N) is 3. The van der Waals surface area contributed by atoms with E-state index in [1.54, 1.807) is 0 Å². The second-order valence-corrected chi connectivity index (χ2v) is 5.18. The van der Waals surface area contributed by atoms with Gasteiger partial charge in [-0.05, 0) is 30.9 Å². The Bertz CT molecular complexity index is 572. The Kier molecular flexibility index (Phi) is 3.44. The monoisotopic (exact) mass is 258 g/mol. The lowest BCUT2D eigenvalue weighted by atomic mass is 9.89. The minimum Gasteiger partial charge on any atom is -0.336 e. The third-order valence-corrected chi connectivity index (χ3v) is 3.81. The normalized spacial score (nSPS) is 16.6. The quantitative estimate of drug-likeness (QED) is 0.900. The number of hydrogen-bond donors (Lipinski definition) is 1. The van der Waals surface area contributed by atoms with E-state index in [1.165, 1.54) is 36.8 Å². The van der Waals surface area contributed by atoms with Crippen LogP contribution in [0.2, 0.25) is 0 Å². The molecular weight excluding hydrogens is 240 g/mol. The van der Waals surface area contributed by atoms with E-state index < -0.39 is 0 Å². The maximum Gasteiger partial charge on any atom is 0.344 e. The van der Waals surface area contributed by atoms with Crippen LogP contribution in [0.25, 0.3) is 11.0 Å². The van der Waals surface area contributed by atoms with Gasteiger partial charge in [0, 0.05) is 6.54 Å². The highest BCUT2D eigenvalue weighted by atomic mass is 16.2. The number of amides is 1. The topological polar surface area (TPSA) is 59.8 Å². The molecule has 1 saturated carbocycles. The third kappa shape index (κ3) is 2.59. The molecule has 0 unspecified atom stereocenters. The first-order chi connectivity index (χ1) is 9.34. The zero-order chi connectivity index (χ0) is 13.1. The Labute approximate surface area is 112 Å². The van der Waals surface area contributed by atoms with Gasteiger partial charge in [-0.1, -0.05) is 36.6 Å². The lowest BCUT2D eigenvalue weighted by molar-refractivity contribution is 0.235. The first-order valence-corrected chi connectivity index (χ1v) is 6.93. The number of carbonyl (C=O) groups excluding carboxylic acids is 1. The van der Waals surface area contributed by atoms with Crippen LogP contribution < -0.4 is 5.32 Å². The van der Waals surface area contributed by atoms with E-state index in [1.807, 2.05) is 24.3 Å². The lowest BCUT2D eigenvalue weighted by Crippen LogP contribution is -2.34. The van der Waals surface area contributed by atoms with Gasteiger partial charge in [-0.15, -0.1) is 5.10 Å². The van der Waals surface area contributed by atoms with Crippen molar-refractivity contribution in [2.45, 2.75) is 32.1 Å². The highest BCUT2D eigenvalue weighted by Crippen LogP contribution is 2.22. The SMILES string of the molecule is O=C(NCC1CCCCC1)n1nnc2ccccc21. The Hall–Kier alpha value is -1.91. The van der Waals surface area contributed by atoms with Crippen LogP contribution in [0.1, 0.15) is 32.1 Å². The molecule has 5 heteroatoms. The molecule has 1 heterocycles. The molecule has 1 fully saturated rings. The molecule has 5 nitrogen and oxygen atoms in total. The van der Waals surface area contributed by atoms with Crippen LogP contribution in [-0.4, -0.2) is 27.6 Å². The van der Waals surface area contributed by atoms with E-state index in [2.05, 4.69) is 15.6 Å². The van der Waals surface area contributed by atoms with Crippen molar-refractivity contribution in [3.8, 4) is 0 Å². The summed E-state index contributed by atoms with van der Waals surface area (Å²) in [7, 11) is 0. The van der Waals surface area contributed by atoms with Crippen LogP contribution >= 0.6 is 0 Å². The average Bonchev–Trinajstić information content (AvgIpc) is 2.90. The Morgan fingerprint density at radius 1 is 1.26 bits per heavy atom. The van der Waals surface area contributed by atoms with E-state index in [4.69, 9.17) is 0 Å². The minimum absolute atomic E-state index is 0.181. The van der Waals surface area contributed by atoms with Gasteiger partial charge in [0.15, 0.2) is 0 Å². The maximum absolute atomic E-state index is 12.1. The second-order valence-electron chi connectivity index (χ2n) is 5.18.